The van der Waals surface area contributed by atoms with Crippen LogP contribution in [0.2, 0.25) is 0 Å². The number of halogens is 3. The molecule has 0 saturated carbocycles. The number of anilines is 3. The van der Waals surface area contributed by atoms with Gasteiger partial charge in [-0.15, -0.1) is 0 Å². The first-order valence-corrected chi connectivity index (χ1v) is 12.8. The summed E-state index contributed by atoms with van der Waals surface area (Å²) in [5, 5.41) is 21.6. The van der Waals surface area contributed by atoms with E-state index in [0.717, 1.165) is 28.9 Å². The van der Waals surface area contributed by atoms with Gasteiger partial charge in [0.1, 0.15) is 11.4 Å². The topological polar surface area (TPSA) is 78.4 Å². The molecule has 1 saturated heterocycles. The third kappa shape index (κ3) is 5.39. The molecule has 1 aliphatic heterocycles. The highest BCUT2D eigenvalue weighted by molar-refractivity contribution is 7.81. The van der Waals surface area contributed by atoms with Gasteiger partial charge < -0.3 is 10.2 Å². The summed E-state index contributed by atoms with van der Waals surface area (Å²) < 4.78 is 40.5. The van der Waals surface area contributed by atoms with E-state index in [1.54, 1.807) is 23.1 Å². The van der Waals surface area contributed by atoms with Gasteiger partial charge in [-0.2, -0.15) is 23.7 Å². The number of benzene rings is 3. The fraction of sp³-hybridized carbons (Fsp3) is 0.207. The van der Waals surface area contributed by atoms with Crippen molar-refractivity contribution >= 4 is 57.6 Å². The van der Waals surface area contributed by atoms with Crippen LogP contribution in [0.3, 0.4) is 0 Å². The van der Waals surface area contributed by atoms with Crippen molar-refractivity contribution in [2.45, 2.75) is 39.4 Å². The van der Waals surface area contributed by atoms with Crippen LogP contribution >= 0.6 is 24.4 Å². The molecule has 0 radical (unpaired) electrons. The molecule has 3 aromatic carbocycles. The maximum atomic E-state index is 13.5. The molecule has 0 spiro atoms. The van der Waals surface area contributed by atoms with Crippen LogP contribution in [-0.4, -0.2) is 21.6 Å². The lowest BCUT2D eigenvalue weighted by atomic mass is 10.0. The number of nitrogens with one attached hydrogen (secondary N) is 1. The second-order valence-corrected chi connectivity index (χ2v) is 10.4. The van der Waals surface area contributed by atoms with E-state index in [2.05, 4.69) is 16.4 Å². The van der Waals surface area contributed by atoms with Gasteiger partial charge in [0.05, 0.1) is 28.8 Å². The van der Waals surface area contributed by atoms with E-state index in [0.29, 0.717) is 22.2 Å². The zero-order valence-corrected chi connectivity index (χ0v) is 23.6. The summed E-state index contributed by atoms with van der Waals surface area (Å²) in [4.78, 5) is 8.33. The summed E-state index contributed by atoms with van der Waals surface area (Å²) in [5.74, 6) is 0.435. The van der Waals surface area contributed by atoms with Crippen molar-refractivity contribution < 1.29 is 13.2 Å². The Morgan fingerprint density at radius 3 is 2.10 bits per heavy atom. The summed E-state index contributed by atoms with van der Waals surface area (Å²) in [6.07, 6.45) is -4.71. The number of nitrogens with zero attached hydrogens (tertiary/aromatic N) is 5. The summed E-state index contributed by atoms with van der Waals surface area (Å²) in [6.45, 7) is 7.63. The quantitative estimate of drug-likeness (QED) is 0.329. The first-order chi connectivity index (χ1) is 18.8. The smallest absolute Gasteiger partial charge is 0.331 e. The van der Waals surface area contributed by atoms with Crippen LogP contribution in [0.25, 0.3) is 0 Å². The normalized spacial score (nSPS) is 15.6. The maximum absolute atomic E-state index is 13.5. The molecule has 0 aliphatic carbocycles. The van der Waals surface area contributed by atoms with Gasteiger partial charge in [0, 0.05) is 17.1 Å². The van der Waals surface area contributed by atoms with E-state index in [4.69, 9.17) is 29.7 Å². The minimum Gasteiger partial charge on any atom is -0.331 e. The van der Waals surface area contributed by atoms with Gasteiger partial charge in [0.2, 0.25) is 0 Å². The average Bonchev–Trinajstić information content (AvgIpc) is 3.08. The molecule has 1 aliphatic rings. The Labute approximate surface area is 241 Å². The van der Waals surface area contributed by atoms with Crippen molar-refractivity contribution in [3.63, 3.8) is 0 Å². The molecule has 0 atom stereocenters. The lowest BCUT2D eigenvalue weighted by Crippen LogP contribution is -2.45. The van der Waals surface area contributed by atoms with E-state index >= 15 is 0 Å². The van der Waals surface area contributed by atoms with E-state index in [1.165, 1.54) is 6.07 Å². The molecule has 0 bridgehead atoms. The third-order valence-electron chi connectivity index (χ3n) is 6.49. The van der Waals surface area contributed by atoms with E-state index in [9.17, 15) is 18.4 Å². The summed E-state index contributed by atoms with van der Waals surface area (Å²) in [6, 6.07) is 20.1. The summed E-state index contributed by atoms with van der Waals surface area (Å²) in [7, 11) is 0. The van der Waals surface area contributed by atoms with Crippen molar-refractivity contribution in [1.29, 1.82) is 10.5 Å². The van der Waals surface area contributed by atoms with Crippen LogP contribution in [0, 0.1) is 36.5 Å². The summed E-state index contributed by atoms with van der Waals surface area (Å²) in [5.41, 5.74) is 1.45. The molecule has 4 rings (SSSR count). The van der Waals surface area contributed by atoms with Gasteiger partial charge in [-0.1, -0.05) is 17.7 Å². The number of aliphatic imine (C=N–C) groups is 1. The van der Waals surface area contributed by atoms with Crippen molar-refractivity contribution in [2.75, 3.05) is 15.1 Å². The molecular weight excluding hydrogens is 553 g/mol. The molecule has 40 heavy (non-hydrogen) atoms. The third-order valence-corrected chi connectivity index (χ3v) is 7.04. The van der Waals surface area contributed by atoms with Gasteiger partial charge in [-0.3, -0.25) is 4.90 Å². The SMILES string of the molecule is Cc1ccc(N2C(=S)N(c3ccc(C#N)c(C)c3)C(=NC(=S)Nc3ccc(C#N)c(C(F)(F)F)c3)C2(C)C)cc1. The molecule has 3 aromatic rings. The van der Waals surface area contributed by atoms with Gasteiger partial charge in [0.15, 0.2) is 10.2 Å². The van der Waals surface area contributed by atoms with Gasteiger partial charge in [-0.25, -0.2) is 4.99 Å². The number of hydrogen-bond donors (Lipinski definition) is 1. The molecular formula is C29H23F3N6S2. The van der Waals surface area contributed by atoms with Gasteiger partial charge >= 0.3 is 6.18 Å². The number of thiocarbonyl (C=S) groups is 2. The maximum Gasteiger partial charge on any atom is 0.417 e. The van der Waals surface area contributed by atoms with Crippen LogP contribution in [0.15, 0.2) is 65.7 Å². The molecule has 0 amide bonds. The molecule has 1 fully saturated rings. The Morgan fingerprint density at radius 1 is 0.925 bits per heavy atom. The highest BCUT2D eigenvalue weighted by Crippen LogP contribution is 2.38. The molecule has 6 nitrogen and oxygen atoms in total. The molecule has 0 aromatic heterocycles. The number of aryl methyl sites for hydroxylation is 2. The molecule has 1 N–H and O–H groups in total. The van der Waals surface area contributed by atoms with Crippen LogP contribution in [-0.2, 0) is 6.18 Å². The Bertz CT molecular complexity index is 1630. The van der Waals surface area contributed by atoms with Crippen LogP contribution in [0.5, 0.6) is 0 Å². The number of rotatable bonds is 3. The summed E-state index contributed by atoms with van der Waals surface area (Å²) >= 11 is 11.4. The van der Waals surface area contributed by atoms with Gasteiger partial charge in [-0.05, 0) is 106 Å². The zero-order valence-electron chi connectivity index (χ0n) is 22.0. The second-order valence-electron chi connectivity index (χ2n) is 9.69. The van der Waals surface area contributed by atoms with Crippen LogP contribution < -0.4 is 15.1 Å². The Kier molecular flexibility index (Phi) is 7.66. The van der Waals surface area contributed by atoms with E-state index in [-0.39, 0.29) is 10.8 Å². The fourth-order valence-corrected chi connectivity index (χ4v) is 5.19. The monoisotopic (exact) mass is 576 g/mol. The zero-order chi connectivity index (χ0) is 29.4. The first kappa shape index (κ1) is 28.7. The molecule has 1 heterocycles. The lowest BCUT2D eigenvalue weighted by Gasteiger charge is -2.31. The fourth-order valence-electron chi connectivity index (χ4n) is 4.46. The number of hydrogen-bond acceptors (Lipinski definition) is 4. The number of amidine groups is 1. The average molecular weight is 577 g/mol. The largest absolute Gasteiger partial charge is 0.417 e. The van der Waals surface area contributed by atoms with Crippen LogP contribution in [0.4, 0.5) is 30.2 Å². The highest BCUT2D eigenvalue weighted by Gasteiger charge is 2.48. The Hall–Kier alpha value is -4.32. The Morgan fingerprint density at radius 2 is 1.52 bits per heavy atom. The predicted octanol–water partition coefficient (Wildman–Crippen LogP) is 7.25. The van der Waals surface area contributed by atoms with E-state index in [1.807, 2.05) is 62.9 Å². The minimum absolute atomic E-state index is 0.0372. The van der Waals surface area contributed by atoms with Crippen LogP contribution in [0.1, 0.15) is 41.7 Å². The second kappa shape index (κ2) is 10.7. The van der Waals surface area contributed by atoms with Gasteiger partial charge in [0.25, 0.3) is 0 Å². The molecule has 11 heteroatoms. The lowest BCUT2D eigenvalue weighted by molar-refractivity contribution is -0.137. The van der Waals surface area contributed by atoms with Crippen molar-refractivity contribution in [1.82, 2.24) is 0 Å². The Balaban J connectivity index is 1.80. The highest BCUT2D eigenvalue weighted by atomic mass is 32.1. The molecule has 202 valence electrons. The van der Waals surface area contributed by atoms with Crippen molar-refractivity contribution in [3.8, 4) is 12.1 Å². The van der Waals surface area contributed by atoms with Crippen molar-refractivity contribution in [3.05, 3.63) is 88.5 Å². The first-order valence-electron chi connectivity index (χ1n) is 12.0. The van der Waals surface area contributed by atoms with E-state index < -0.39 is 22.8 Å². The number of nitriles is 2. The van der Waals surface area contributed by atoms with Crippen molar-refractivity contribution in [2.24, 2.45) is 4.99 Å². The molecule has 0 unspecified atom stereocenters. The predicted molar refractivity (Wildman–Crippen MR) is 159 cm³/mol. The standard InChI is InChI=1S/C29H23F3N6S2/c1-17-5-10-22(11-6-17)38-27(40)37(23-12-8-19(15-33)18(2)13-23)25(28(38,3)4)36-26(39)35-21-9-7-20(16-34)24(14-21)29(30,31)32/h5-14H,1-4H3,(H,35,39). The minimum atomic E-state index is -4.71. The number of alkyl halides is 3.